The van der Waals surface area contributed by atoms with E-state index in [4.69, 9.17) is 21.7 Å². The molecule has 0 fully saturated rings. The molecule has 0 rings (SSSR count). The lowest BCUT2D eigenvalue weighted by Gasteiger charge is -2.17. The fraction of sp³-hybridized carbons (Fsp3) is 0.600. The molecule has 0 aliphatic carbocycles. The van der Waals surface area contributed by atoms with Gasteiger partial charge in [0, 0.05) is 12.8 Å². The van der Waals surface area contributed by atoms with E-state index in [1.165, 1.54) is 0 Å². The van der Waals surface area contributed by atoms with E-state index >= 15 is 0 Å². The van der Waals surface area contributed by atoms with Crippen LogP contribution in [0, 0.1) is 0 Å². The zero-order valence-electron chi connectivity index (χ0n) is 10.2. The summed E-state index contributed by atoms with van der Waals surface area (Å²) in [5, 5.41) is 19.1. The minimum Gasteiger partial charge on any atom is -0.481 e. The number of rotatable bonds is 9. The van der Waals surface area contributed by atoms with E-state index in [0.717, 1.165) is 0 Å². The molecular formula is C10H17N3O6. The van der Waals surface area contributed by atoms with Crippen molar-refractivity contribution < 1.29 is 29.4 Å². The average molecular weight is 275 g/mol. The molecule has 0 bridgehead atoms. The Bertz CT molecular complexity index is 370. The predicted molar refractivity (Wildman–Crippen MR) is 62.8 cm³/mol. The number of carbonyl (C=O) groups excluding carboxylic acids is 2. The lowest BCUT2D eigenvalue weighted by Crippen LogP contribution is -2.50. The number of carboxylic acid groups (broad SMARTS) is 2. The molecule has 19 heavy (non-hydrogen) atoms. The van der Waals surface area contributed by atoms with Crippen LogP contribution in [0.1, 0.15) is 25.7 Å². The van der Waals surface area contributed by atoms with Crippen LogP contribution in [-0.2, 0) is 19.2 Å². The van der Waals surface area contributed by atoms with Crippen LogP contribution in [0.4, 0.5) is 0 Å². The van der Waals surface area contributed by atoms with Gasteiger partial charge < -0.3 is 27.0 Å². The first-order valence-corrected chi connectivity index (χ1v) is 5.53. The fourth-order valence-electron chi connectivity index (χ4n) is 1.24. The standard InChI is InChI=1S/C10H17N3O6/c11-5(1-3-7(14)15)10(19)13-6(9(12)18)2-4-8(16)17/h5-6H,1-4,11H2,(H2,12,18)(H,13,19)(H,14,15)(H,16,17). The molecule has 2 amide bonds. The summed E-state index contributed by atoms with van der Waals surface area (Å²) in [4.78, 5) is 43.2. The van der Waals surface area contributed by atoms with Gasteiger partial charge in [0.1, 0.15) is 6.04 Å². The molecule has 9 heteroatoms. The van der Waals surface area contributed by atoms with Gasteiger partial charge in [-0.1, -0.05) is 0 Å². The highest BCUT2D eigenvalue weighted by molar-refractivity contribution is 5.89. The van der Waals surface area contributed by atoms with Crippen LogP contribution in [0.15, 0.2) is 0 Å². The van der Waals surface area contributed by atoms with Crippen LogP contribution in [0.2, 0.25) is 0 Å². The Labute approximate surface area is 108 Å². The van der Waals surface area contributed by atoms with Crippen molar-refractivity contribution in [1.29, 1.82) is 0 Å². The van der Waals surface area contributed by atoms with Gasteiger partial charge in [-0.2, -0.15) is 0 Å². The van der Waals surface area contributed by atoms with Crippen molar-refractivity contribution in [2.75, 3.05) is 0 Å². The zero-order valence-corrected chi connectivity index (χ0v) is 10.2. The maximum atomic E-state index is 11.5. The van der Waals surface area contributed by atoms with Gasteiger partial charge in [0.2, 0.25) is 11.8 Å². The van der Waals surface area contributed by atoms with Crippen LogP contribution < -0.4 is 16.8 Å². The third-order valence-electron chi connectivity index (χ3n) is 2.31. The van der Waals surface area contributed by atoms with Crippen LogP contribution in [0.5, 0.6) is 0 Å². The summed E-state index contributed by atoms with van der Waals surface area (Å²) in [5.41, 5.74) is 10.4. The van der Waals surface area contributed by atoms with Crippen molar-refractivity contribution in [3.05, 3.63) is 0 Å². The summed E-state index contributed by atoms with van der Waals surface area (Å²) in [6.07, 6.45) is -0.864. The Morgan fingerprint density at radius 2 is 1.47 bits per heavy atom. The summed E-state index contributed by atoms with van der Waals surface area (Å²) < 4.78 is 0. The second kappa shape index (κ2) is 8.03. The number of nitrogens with one attached hydrogen (secondary N) is 1. The highest BCUT2D eigenvalue weighted by Gasteiger charge is 2.22. The lowest BCUT2D eigenvalue weighted by molar-refractivity contribution is -0.139. The van der Waals surface area contributed by atoms with Gasteiger partial charge in [0.15, 0.2) is 0 Å². The van der Waals surface area contributed by atoms with Gasteiger partial charge in [0.25, 0.3) is 0 Å². The van der Waals surface area contributed by atoms with E-state index in [1.54, 1.807) is 0 Å². The Morgan fingerprint density at radius 1 is 1.00 bits per heavy atom. The molecule has 0 saturated carbocycles. The molecule has 0 aromatic carbocycles. The van der Waals surface area contributed by atoms with Crippen LogP contribution in [0.25, 0.3) is 0 Å². The molecule has 2 atom stereocenters. The van der Waals surface area contributed by atoms with E-state index < -0.39 is 35.8 Å². The third kappa shape index (κ3) is 7.71. The smallest absolute Gasteiger partial charge is 0.303 e. The number of hydrogen-bond acceptors (Lipinski definition) is 5. The molecule has 7 N–H and O–H groups in total. The first-order valence-electron chi connectivity index (χ1n) is 5.53. The first-order chi connectivity index (χ1) is 8.73. The maximum absolute atomic E-state index is 11.5. The average Bonchev–Trinajstić information content (AvgIpc) is 2.30. The maximum Gasteiger partial charge on any atom is 0.303 e. The van der Waals surface area contributed by atoms with Gasteiger partial charge in [-0.25, -0.2) is 0 Å². The second-order valence-corrected chi connectivity index (χ2v) is 3.93. The van der Waals surface area contributed by atoms with Gasteiger partial charge in [-0.05, 0) is 12.8 Å². The Balaban J connectivity index is 4.33. The molecular weight excluding hydrogens is 258 g/mol. The van der Waals surface area contributed by atoms with Gasteiger partial charge in [-0.15, -0.1) is 0 Å². The number of primary amides is 1. The summed E-state index contributed by atoms with van der Waals surface area (Å²) in [6, 6.07) is -2.23. The summed E-state index contributed by atoms with van der Waals surface area (Å²) >= 11 is 0. The molecule has 0 radical (unpaired) electrons. The molecule has 0 aliphatic rings. The van der Waals surface area contributed by atoms with Crippen molar-refractivity contribution in [3.8, 4) is 0 Å². The summed E-state index contributed by atoms with van der Waals surface area (Å²) in [7, 11) is 0. The highest BCUT2D eigenvalue weighted by Crippen LogP contribution is 2.00. The molecule has 0 saturated heterocycles. The van der Waals surface area contributed by atoms with Crippen molar-refractivity contribution in [2.24, 2.45) is 11.5 Å². The van der Waals surface area contributed by atoms with Crippen molar-refractivity contribution in [3.63, 3.8) is 0 Å². The van der Waals surface area contributed by atoms with Crippen LogP contribution >= 0.6 is 0 Å². The van der Waals surface area contributed by atoms with E-state index in [9.17, 15) is 19.2 Å². The van der Waals surface area contributed by atoms with Crippen LogP contribution in [-0.4, -0.2) is 46.0 Å². The predicted octanol–water partition coefficient (Wildman–Crippen LogP) is -1.99. The van der Waals surface area contributed by atoms with Crippen molar-refractivity contribution >= 4 is 23.8 Å². The number of carbonyl (C=O) groups is 4. The van der Waals surface area contributed by atoms with Crippen LogP contribution in [0.3, 0.4) is 0 Å². The van der Waals surface area contributed by atoms with Gasteiger partial charge in [-0.3, -0.25) is 19.2 Å². The van der Waals surface area contributed by atoms with E-state index in [0.29, 0.717) is 0 Å². The van der Waals surface area contributed by atoms with Gasteiger partial charge in [0.05, 0.1) is 6.04 Å². The molecule has 0 aliphatic heterocycles. The van der Waals surface area contributed by atoms with Gasteiger partial charge >= 0.3 is 11.9 Å². The number of amides is 2. The minimum absolute atomic E-state index is 0.0917. The molecule has 108 valence electrons. The summed E-state index contributed by atoms with van der Waals surface area (Å²) in [5.74, 6) is -3.84. The number of nitrogens with two attached hydrogens (primary N) is 2. The third-order valence-corrected chi connectivity index (χ3v) is 2.31. The highest BCUT2D eigenvalue weighted by atomic mass is 16.4. The largest absolute Gasteiger partial charge is 0.481 e. The minimum atomic E-state index is -1.14. The zero-order chi connectivity index (χ0) is 15.0. The molecule has 0 spiro atoms. The molecule has 9 nitrogen and oxygen atoms in total. The lowest BCUT2D eigenvalue weighted by atomic mass is 10.1. The molecule has 0 aromatic rings. The SMILES string of the molecule is NC(=O)C(CCC(=O)O)NC(=O)C(N)CCC(=O)O. The molecule has 0 heterocycles. The number of hydrogen-bond donors (Lipinski definition) is 5. The summed E-state index contributed by atoms with van der Waals surface area (Å²) in [6.45, 7) is 0. The second-order valence-electron chi connectivity index (χ2n) is 3.93. The Morgan fingerprint density at radius 3 is 1.89 bits per heavy atom. The molecule has 2 unspecified atom stereocenters. The number of carboxylic acids is 2. The van der Waals surface area contributed by atoms with Crippen molar-refractivity contribution in [2.45, 2.75) is 37.8 Å². The van der Waals surface area contributed by atoms with E-state index in [1.807, 2.05) is 0 Å². The first kappa shape index (κ1) is 16.8. The topological polar surface area (TPSA) is 173 Å². The normalized spacial score (nSPS) is 13.3. The quantitative estimate of drug-likeness (QED) is 0.324. The van der Waals surface area contributed by atoms with E-state index in [2.05, 4.69) is 5.32 Å². The Hall–Kier alpha value is -2.16. The molecule has 0 aromatic heterocycles. The van der Waals surface area contributed by atoms with Crippen molar-refractivity contribution in [1.82, 2.24) is 5.32 Å². The number of aliphatic carboxylic acids is 2. The monoisotopic (exact) mass is 275 g/mol. The fourth-order valence-corrected chi connectivity index (χ4v) is 1.24. The Kier molecular flexibility index (Phi) is 7.12. The van der Waals surface area contributed by atoms with E-state index in [-0.39, 0.29) is 25.7 Å².